The lowest BCUT2D eigenvalue weighted by Gasteiger charge is -2.36. The van der Waals surface area contributed by atoms with E-state index in [4.69, 9.17) is 21.1 Å². The summed E-state index contributed by atoms with van der Waals surface area (Å²) in [6.45, 7) is 7.78. The third-order valence-electron chi connectivity index (χ3n) is 11.4. The van der Waals surface area contributed by atoms with Crippen molar-refractivity contribution in [3.05, 3.63) is 136 Å². The van der Waals surface area contributed by atoms with Crippen LogP contribution >= 0.6 is 23.4 Å². The number of nitrogens with zero attached hydrogens (tertiary/aromatic N) is 6. The summed E-state index contributed by atoms with van der Waals surface area (Å²) in [5, 5.41) is 17.1. The zero-order chi connectivity index (χ0) is 43.8. The van der Waals surface area contributed by atoms with Gasteiger partial charge in [-0.3, -0.25) is 24.6 Å². The van der Waals surface area contributed by atoms with Crippen LogP contribution in [0.4, 0.5) is 22.9 Å². The van der Waals surface area contributed by atoms with Crippen LogP contribution in [0, 0.1) is 10.1 Å². The molecule has 2 N–H and O–H groups in total. The number of nitro benzene ring substituents is 1. The van der Waals surface area contributed by atoms with Gasteiger partial charge < -0.3 is 19.7 Å². The Kier molecular flexibility index (Phi) is 14.3. The highest BCUT2D eigenvalue weighted by Crippen LogP contribution is 2.33. The highest BCUT2D eigenvalue weighted by molar-refractivity contribution is 7.99. The number of piperazine rings is 1. The number of nitrogens with one attached hydrogen (secondary N) is 2. The first-order chi connectivity index (χ1) is 30.6. The third kappa shape index (κ3) is 11.2. The van der Waals surface area contributed by atoms with Crippen LogP contribution in [-0.2, 0) is 21.3 Å². The quantitative estimate of drug-likeness (QED) is 0.0513. The van der Waals surface area contributed by atoms with Gasteiger partial charge in [0.25, 0.3) is 15.7 Å². The summed E-state index contributed by atoms with van der Waals surface area (Å²) >= 11 is 8.07. The van der Waals surface area contributed by atoms with Crippen molar-refractivity contribution in [2.75, 3.05) is 86.8 Å². The largest absolute Gasteiger partial charge is 0.497 e. The van der Waals surface area contributed by atoms with Gasteiger partial charge in [0.2, 0.25) is 0 Å². The van der Waals surface area contributed by atoms with Gasteiger partial charge in [0, 0.05) is 91.2 Å². The van der Waals surface area contributed by atoms with E-state index in [2.05, 4.69) is 59.0 Å². The molecule has 1 atom stereocenters. The average Bonchev–Trinajstić information content (AvgIpc) is 3.31. The van der Waals surface area contributed by atoms with Crippen molar-refractivity contribution in [1.82, 2.24) is 19.8 Å². The zero-order valence-electron chi connectivity index (χ0n) is 34.9. The van der Waals surface area contributed by atoms with Gasteiger partial charge in [-0.1, -0.05) is 48.0 Å². The summed E-state index contributed by atoms with van der Waals surface area (Å²) in [6.07, 6.45) is 2.02. The van der Waals surface area contributed by atoms with Crippen molar-refractivity contribution in [1.29, 1.82) is 0 Å². The molecular weight excluding hydrogens is 860 g/mol. The summed E-state index contributed by atoms with van der Waals surface area (Å²) in [7, 11) is -2.68. The highest BCUT2D eigenvalue weighted by atomic mass is 35.5. The Morgan fingerprint density at radius 1 is 0.889 bits per heavy atom. The molecule has 0 aliphatic carbocycles. The van der Waals surface area contributed by atoms with E-state index >= 15 is 0 Å². The first kappa shape index (κ1) is 44.1. The number of fused-ring (bicyclic) bond motifs is 1. The van der Waals surface area contributed by atoms with E-state index < -0.39 is 14.9 Å². The Hall–Kier alpha value is -5.49. The second-order valence-electron chi connectivity index (χ2n) is 15.5. The lowest BCUT2D eigenvalue weighted by Crippen LogP contribution is -2.46. The van der Waals surface area contributed by atoms with Gasteiger partial charge in [-0.2, -0.15) is 0 Å². The summed E-state index contributed by atoms with van der Waals surface area (Å²) in [5.41, 5.74) is 4.94. The molecule has 1 aromatic heterocycles. The van der Waals surface area contributed by atoms with Crippen LogP contribution in [-0.4, -0.2) is 111 Å². The van der Waals surface area contributed by atoms with Crippen molar-refractivity contribution in [2.24, 2.45) is 0 Å². The zero-order valence-corrected chi connectivity index (χ0v) is 37.2. The minimum atomic E-state index is -4.30. The molecule has 2 fully saturated rings. The molecule has 0 saturated carbocycles. The number of thioether (sulfide) groups is 1. The molecule has 17 heteroatoms. The van der Waals surface area contributed by atoms with Gasteiger partial charge in [-0.15, -0.1) is 11.8 Å². The number of benzene rings is 5. The standard InChI is InChI=1S/C46H49ClN8O6S2/c1-60-38-9-11-39(12-10-38)62-31-36(17-18-52-23-25-61-26-24-52)50-43-16-13-40(29-45(43)55(56)57)63(58,59)51-46-42-15-8-37(28-44(42)48-32-49-46)54-21-19-53(20-22-54)30-34-27-35(47)7-14-41(34)33-5-3-2-4-6-33/h2-16,27-29,32,36,50H,17-26,30-31H2,1H3,(H,48,49,51). The van der Waals surface area contributed by atoms with E-state index in [0.29, 0.717) is 41.3 Å². The maximum atomic E-state index is 13.9. The SMILES string of the molecule is COc1ccc(SCC(CCN2CCOCC2)Nc2ccc(S(=O)(=O)Nc3ncnc4cc(N5CCN(Cc6cc(Cl)ccc6-c6ccccc6)CC5)ccc34)cc2[N+](=O)[O-])cc1. The summed E-state index contributed by atoms with van der Waals surface area (Å²) in [6, 6.07) is 33.6. The number of aromatic nitrogens is 2. The number of methoxy groups -OCH3 is 1. The van der Waals surface area contributed by atoms with Gasteiger partial charge in [0.15, 0.2) is 5.82 Å². The predicted molar refractivity (Wildman–Crippen MR) is 251 cm³/mol. The second-order valence-corrected chi connectivity index (χ2v) is 18.7. The first-order valence-corrected chi connectivity index (χ1v) is 23.7. The van der Waals surface area contributed by atoms with Crippen LogP contribution in [0.1, 0.15) is 12.0 Å². The molecule has 2 aliphatic rings. The minimum absolute atomic E-state index is 0.0794. The van der Waals surface area contributed by atoms with Crippen molar-refractivity contribution in [3.8, 4) is 16.9 Å². The fourth-order valence-corrected chi connectivity index (χ4v) is 10.1. The van der Waals surface area contributed by atoms with Crippen molar-refractivity contribution >= 4 is 67.2 Å². The van der Waals surface area contributed by atoms with Gasteiger partial charge in [-0.25, -0.2) is 18.4 Å². The summed E-state index contributed by atoms with van der Waals surface area (Å²) < 4.78 is 41.1. The van der Waals surface area contributed by atoms with Gasteiger partial charge in [0.1, 0.15) is 17.8 Å². The fraction of sp³-hybridized carbons (Fsp3) is 0.304. The molecule has 63 heavy (non-hydrogen) atoms. The monoisotopic (exact) mass is 908 g/mol. The van der Waals surface area contributed by atoms with E-state index in [1.807, 2.05) is 66.7 Å². The molecule has 14 nitrogen and oxygen atoms in total. The van der Waals surface area contributed by atoms with Crippen LogP contribution < -0.4 is 19.7 Å². The van der Waals surface area contributed by atoms with Gasteiger partial charge in [-0.05, 0) is 89.8 Å². The molecule has 2 aliphatic heterocycles. The molecule has 328 valence electrons. The smallest absolute Gasteiger partial charge is 0.293 e. The molecule has 0 amide bonds. The number of morpholine rings is 1. The number of sulfonamides is 1. The number of hydrogen-bond donors (Lipinski definition) is 2. The number of halogens is 1. The third-order valence-corrected chi connectivity index (χ3v) is 14.1. The molecule has 3 heterocycles. The fourth-order valence-electron chi connectivity index (χ4n) is 7.91. The Bertz CT molecular complexity index is 2630. The van der Waals surface area contributed by atoms with E-state index in [9.17, 15) is 18.5 Å². The summed E-state index contributed by atoms with van der Waals surface area (Å²) in [4.78, 5) is 28.5. The van der Waals surface area contributed by atoms with E-state index in [0.717, 1.165) is 80.3 Å². The number of rotatable bonds is 17. The Morgan fingerprint density at radius 3 is 2.41 bits per heavy atom. The number of nitro groups is 1. The summed E-state index contributed by atoms with van der Waals surface area (Å²) in [5.74, 6) is 1.46. The van der Waals surface area contributed by atoms with E-state index in [1.165, 1.54) is 29.6 Å². The molecule has 0 radical (unpaired) electrons. The molecule has 0 spiro atoms. The molecule has 5 aromatic carbocycles. The molecule has 8 rings (SSSR count). The second kappa shape index (κ2) is 20.3. The Labute approximate surface area is 376 Å². The maximum absolute atomic E-state index is 13.9. The van der Waals surface area contributed by atoms with Crippen LogP contribution in [0.2, 0.25) is 5.02 Å². The normalized spacial score (nSPS) is 15.6. The van der Waals surface area contributed by atoms with Crippen LogP contribution in [0.5, 0.6) is 5.75 Å². The Balaban J connectivity index is 0.939. The van der Waals surface area contributed by atoms with Crippen LogP contribution in [0.15, 0.2) is 125 Å². The van der Waals surface area contributed by atoms with Crippen molar-refractivity contribution < 1.29 is 22.8 Å². The molecule has 1 unspecified atom stereocenters. The van der Waals surface area contributed by atoms with Crippen molar-refractivity contribution in [2.45, 2.75) is 28.8 Å². The molecule has 6 aromatic rings. The minimum Gasteiger partial charge on any atom is -0.497 e. The van der Waals surface area contributed by atoms with E-state index in [-0.39, 0.29) is 28.1 Å². The topological polar surface area (TPSA) is 155 Å². The lowest BCUT2D eigenvalue weighted by molar-refractivity contribution is -0.384. The molecule has 2 saturated heterocycles. The molecule has 0 bridgehead atoms. The Morgan fingerprint density at radius 2 is 1.67 bits per heavy atom. The molecular formula is C46H49ClN8O6S2. The average molecular weight is 910 g/mol. The number of anilines is 3. The highest BCUT2D eigenvalue weighted by Gasteiger charge is 2.26. The van der Waals surface area contributed by atoms with Crippen LogP contribution in [0.25, 0.3) is 22.0 Å². The van der Waals surface area contributed by atoms with Gasteiger partial charge in [0.05, 0.1) is 35.7 Å². The number of hydrogen-bond acceptors (Lipinski definition) is 13. The van der Waals surface area contributed by atoms with Gasteiger partial charge >= 0.3 is 0 Å². The van der Waals surface area contributed by atoms with E-state index in [1.54, 1.807) is 18.9 Å². The lowest BCUT2D eigenvalue weighted by atomic mass is 9.99. The maximum Gasteiger partial charge on any atom is 0.293 e. The number of ether oxygens (including phenoxy) is 2. The predicted octanol–water partition coefficient (Wildman–Crippen LogP) is 8.29. The van der Waals surface area contributed by atoms with Crippen molar-refractivity contribution in [3.63, 3.8) is 0 Å². The first-order valence-electron chi connectivity index (χ1n) is 20.8. The van der Waals surface area contributed by atoms with Crippen LogP contribution in [0.3, 0.4) is 0 Å².